The lowest BCUT2D eigenvalue weighted by molar-refractivity contribution is -0.139. The topological polar surface area (TPSA) is 85.0 Å². The van der Waals surface area contributed by atoms with E-state index in [1.807, 2.05) is 4.90 Å². The van der Waals surface area contributed by atoms with E-state index in [1.165, 1.54) is 30.0 Å². The highest BCUT2D eigenvalue weighted by atomic mass is 35.5. The lowest BCUT2D eigenvalue weighted by atomic mass is 10.1. The average molecular weight is 630 g/mol. The van der Waals surface area contributed by atoms with Gasteiger partial charge in [-0.25, -0.2) is 8.78 Å². The number of piperazine rings is 1. The first kappa shape index (κ1) is 32.5. The second kappa shape index (κ2) is 13.5. The zero-order valence-electron chi connectivity index (χ0n) is 23.7. The highest BCUT2D eigenvalue weighted by Crippen LogP contribution is 2.32. The summed E-state index contributed by atoms with van der Waals surface area (Å²) in [4.78, 5) is 42.4. The Kier molecular flexibility index (Phi) is 10.2. The SMILES string of the molecule is CC(=O)N1CCCC1C(=O)NCc1ccc(C(=O)Nc2ccc(Cl)cc2N2CCN(CCC(F)(F)F)[C@@H](C)C2)c(F)c1F. The molecule has 2 atom stereocenters. The minimum absolute atomic E-state index is 0.125. The highest BCUT2D eigenvalue weighted by Gasteiger charge is 2.33. The van der Waals surface area contributed by atoms with Crippen LogP contribution in [0.1, 0.15) is 49.0 Å². The molecule has 0 spiro atoms. The van der Waals surface area contributed by atoms with E-state index in [-0.39, 0.29) is 36.3 Å². The fourth-order valence-corrected chi connectivity index (χ4v) is 5.66. The first-order valence-corrected chi connectivity index (χ1v) is 14.3. The maximum absolute atomic E-state index is 15.1. The summed E-state index contributed by atoms with van der Waals surface area (Å²) in [5, 5.41) is 5.49. The molecule has 0 aliphatic carbocycles. The molecule has 4 rings (SSSR count). The summed E-state index contributed by atoms with van der Waals surface area (Å²) in [6.07, 6.45) is -4.03. The first-order chi connectivity index (χ1) is 20.2. The van der Waals surface area contributed by atoms with Gasteiger partial charge in [-0.05, 0) is 44.0 Å². The van der Waals surface area contributed by atoms with Crippen molar-refractivity contribution in [2.24, 2.45) is 0 Å². The van der Waals surface area contributed by atoms with E-state index in [1.54, 1.807) is 17.9 Å². The van der Waals surface area contributed by atoms with E-state index in [4.69, 9.17) is 11.6 Å². The molecule has 2 fully saturated rings. The number of carbonyl (C=O) groups is 3. The molecule has 14 heteroatoms. The molecule has 0 radical (unpaired) electrons. The van der Waals surface area contributed by atoms with Crippen molar-refractivity contribution in [2.75, 3.05) is 42.9 Å². The van der Waals surface area contributed by atoms with Crippen LogP contribution in [0.15, 0.2) is 30.3 Å². The fourth-order valence-electron chi connectivity index (χ4n) is 5.50. The van der Waals surface area contributed by atoms with E-state index in [2.05, 4.69) is 10.6 Å². The van der Waals surface area contributed by atoms with Gasteiger partial charge in [-0.2, -0.15) is 13.2 Å². The van der Waals surface area contributed by atoms with Gasteiger partial charge in [0.05, 0.1) is 23.4 Å². The Morgan fingerprint density at radius 2 is 1.79 bits per heavy atom. The van der Waals surface area contributed by atoms with Crippen molar-refractivity contribution in [3.05, 3.63) is 58.1 Å². The molecule has 0 aromatic heterocycles. The molecular weight excluding hydrogens is 597 g/mol. The van der Waals surface area contributed by atoms with Crippen molar-refractivity contribution < 1.29 is 36.3 Å². The molecule has 0 saturated carbocycles. The lowest BCUT2D eigenvalue weighted by Crippen LogP contribution is -2.52. The predicted molar refractivity (Wildman–Crippen MR) is 152 cm³/mol. The summed E-state index contributed by atoms with van der Waals surface area (Å²) in [5.41, 5.74) is 0.0414. The quantitative estimate of drug-likeness (QED) is 0.404. The van der Waals surface area contributed by atoms with Crippen LogP contribution in [0.5, 0.6) is 0 Å². The van der Waals surface area contributed by atoms with Crippen molar-refractivity contribution in [3.8, 4) is 0 Å². The van der Waals surface area contributed by atoms with Crippen LogP contribution < -0.4 is 15.5 Å². The molecule has 2 saturated heterocycles. The van der Waals surface area contributed by atoms with Gasteiger partial charge in [0, 0.05) is 62.8 Å². The molecule has 43 heavy (non-hydrogen) atoms. The molecule has 2 heterocycles. The van der Waals surface area contributed by atoms with Crippen LogP contribution in [0.2, 0.25) is 5.02 Å². The fraction of sp³-hybridized carbons (Fsp3) is 0.483. The van der Waals surface area contributed by atoms with E-state index < -0.39 is 47.7 Å². The minimum Gasteiger partial charge on any atom is -0.367 e. The molecule has 2 aliphatic heterocycles. The number of alkyl halides is 3. The molecule has 2 aromatic rings. The summed E-state index contributed by atoms with van der Waals surface area (Å²) in [7, 11) is 0. The van der Waals surface area contributed by atoms with E-state index in [0.717, 1.165) is 6.07 Å². The number of anilines is 2. The van der Waals surface area contributed by atoms with Gasteiger partial charge in [0.25, 0.3) is 5.91 Å². The number of hydrogen-bond acceptors (Lipinski definition) is 5. The van der Waals surface area contributed by atoms with Gasteiger partial charge >= 0.3 is 6.18 Å². The van der Waals surface area contributed by atoms with E-state index >= 15 is 4.39 Å². The van der Waals surface area contributed by atoms with Crippen molar-refractivity contribution in [1.29, 1.82) is 0 Å². The van der Waals surface area contributed by atoms with Crippen LogP contribution in [0, 0.1) is 11.6 Å². The Hall–Kier alpha value is -3.45. The van der Waals surface area contributed by atoms with Gasteiger partial charge < -0.3 is 20.4 Å². The van der Waals surface area contributed by atoms with E-state index in [9.17, 15) is 31.9 Å². The first-order valence-electron chi connectivity index (χ1n) is 13.9. The summed E-state index contributed by atoms with van der Waals surface area (Å²) in [5.74, 6) is -4.32. The summed E-state index contributed by atoms with van der Waals surface area (Å²) in [6.45, 7) is 4.23. The standard InChI is InChI=1S/C29H33ClF5N5O3/c1-17-16-39(13-12-38(17)11-9-29(33,34)35)24-14-20(30)6-8-22(24)37-27(42)21-7-5-19(25(31)26(21)32)15-36-28(43)23-4-3-10-40(23)18(2)41/h5-8,14,17,23H,3-4,9-13,15-16H2,1-2H3,(H,36,43)(H,37,42)/t17-,23?/m0/s1. The molecule has 2 aromatic carbocycles. The summed E-state index contributed by atoms with van der Waals surface area (Å²) in [6, 6.07) is 6.05. The lowest BCUT2D eigenvalue weighted by Gasteiger charge is -2.41. The van der Waals surface area contributed by atoms with Gasteiger partial charge in [0.15, 0.2) is 11.6 Å². The van der Waals surface area contributed by atoms with Gasteiger partial charge in [0.1, 0.15) is 6.04 Å². The molecule has 2 N–H and O–H groups in total. The zero-order chi connectivity index (χ0) is 31.5. The van der Waals surface area contributed by atoms with Crippen LogP contribution in [0.4, 0.5) is 33.3 Å². The molecule has 2 aliphatic rings. The smallest absolute Gasteiger partial charge is 0.367 e. The third-order valence-electron chi connectivity index (χ3n) is 7.82. The summed E-state index contributed by atoms with van der Waals surface area (Å²) < 4.78 is 68.1. The van der Waals surface area contributed by atoms with Gasteiger partial charge in [-0.1, -0.05) is 17.7 Å². The zero-order valence-corrected chi connectivity index (χ0v) is 24.5. The third-order valence-corrected chi connectivity index (χ3v) is 8.05. The number of hydrogen-bond donors (Lipinski definition) is 2. The number of amides is 3. The van der Waals surface area contributed by atoms with Crippen molar-refractivity contribution >= 4 is 40.7 Å². The third kappa shape index (κ3) is 7.94. The average Bonchev–Trinajstić information content (AvgIpc) is 3.44. The van der Waals surface area contributed by atoms with Crippen molar-refractivity contribution in [2.45, 2.75) is 57.9 Å². The summed E-state index contributed by atoms with van der Waals surface area (Å²) >= 11 is 6.20. The molecule has 234 valence electrons. The number of nitrogens with zero attached hydrogens (tertiary/aromatic N) is 3. The number of rotatable bonds is 8. The van der Waals surface area contributed by atoms with Crippen LogP contribution in [-0.4, -0.2) is 78.5 Å². The maximum atomic E-state index is 15.1. The largest absolute Gasteiger partial charge is 0.390 e. The van der Waals surface area contributed by atoms with E-state index in [0.29, 0.717) is 49.7 Å². The second-order valence-electron chi connectivity index (χ2n) is 10.8. The number of carbonyl (C=O) groups excluding carboxylic acids is 3. The number of likely N-dealkylation sites (tertiary alicyclic amines) is 1. The molecule has 3 amide bonds. The van der Waals surface area contributed by atoms with Gasteiger partial charge in [-0.3, -0.25) is 19.3 Å². The highest BCUT2D eigenvalue weighted by molar-refractivity contribution is 6.31. The molecule has 0 bridgehead atoms. The van der Waals surface area contributed by atoms with Crippen molar-refractivity contribution in [1.82, 2.24) is 15.1 Å². The van der Waals surface area contributed by atoms with Crippen LogP contribution in [0.3, 0.4) is 0 Å². The molecular formula is C29H33ClF5N5O3. The van der Waals surface area contributed by atoms with Crippen LogP contribution in [-0.2, 0) is 16.1 Å². The minimum atomic E-state index is -4.25. The number of nitrogens with one attached hydrogen (secondary N) is 2. The number of benzene rings is 2. The molecule has 1 unspecified atom stereocenters. The second-order valence-corrected chi connectivity index (χ2v) is 11.2. The Labute approximate surface area is 251 Å². The Morgan fingerprint density at radius 1 is 1.05 bits per heavy atom. The monoisotopic (exact) mass is 629 g/mol. The van der Waals surface area contributed by atoms with Crippen LogP contribution >= 0.6 is 11.6 Å². The Bertz CT molecular complexity index is 1370. The normalized spacial score (nSPS) is 19.4. The Balaban J connectivity index is 1.43. The van der Waals surface area contributed by atoms with Gasteiger partial charge in [0.2, 0.25) is 11.8 Å². The number of halogens is 6. The van der Waals surface area contributed by atoms with Crippen molar-refractivity contribution in [3.63, 3.8) is 0 Å². The van der Waals surface area contributed by atoms with Crippen LogP contribution in [0.25, 0.3) is 0 Å². The molecule has 8 nitrogen and oxygen atoms in total. The Morgan fingerprint density at radius 3 is 2.47 bits per heavy atom. The van der Waals surface area contributed by atoms with Gasteiger partial charge in [-0.15, -0.1) is 0 Å². The maximum Gasteiger partial charge on any atom is 0.390 e. The predicted octanol–water partition coefficient (Wildman–Crippen LogP) is 4.96.